The van der Waals surface area contributed by atoms with E-state index in [4.69, 9.17) is 17.8 Å². The molecule has 3 heteroatoms. The SMILES string of the molecule is [2H]C(C)(C)c1ccc2c(oc3c(-c4cc(C([2H])(C)C([2H])([2H])[2H])cc(C)[n+]4C)c(C)ccc32)c1[N+]#[C-]. The average molecular weight is 403 g/mol. The fraction of sp³-hybridized carbons (Fsp3) is 0.333. The van der Waals surface area contributed by atoms with Crippen LogP contribution in [0, 0.1) is 20.4 Å². The Labute approximate surface area is 185 Å². The molecule has 0 fully saturated rings. The predicted molar refractivity (Wildman–Crippen MR) is 124 cm³/mol. The number of furan rings is 1. The first-order valence-corrected chi connectivity index (χ1v) is 9.98. The van der Waals surface area contributed by atoms with Gasteiger partial charge in [0.15, 0.2) is 5.69 Å². The summed E-state index contributed by atoms with van der Waals surface area (Å²) in [5.74, 6) is -2.75. The number of pyridine rings is 1. The average Bonchev–Trinajstić information content (AvgIpc) is 3.12. The first kappa shape index (κ1) is 14.8. The van der Waals surface area contributed by atoms with Crippen LogP contribution in [0.3, 0.4) is 0 Å². The summed E-state index contributed by atoms with van der Waals surface area (Å²) < 4.78 is 49.2. The van der Waals surface area contributed by atoms with Gasteiger partial charge in [-0.2, -0.15) is 4.57 Å². The van der Waals surface area contributed by atoms with Crippen LogP contribution in [-0.2, 0) is 7.05 Å². The summed E-state index contributed by atoms with van der Waals surface area (Å²) in [5, 5.41) is 1.64. The number of hydrogen-bond acceptors (Lipinski definition) is 1. The molecule has 3 nitrogen and oxygen atoms in total. The molecule has 0 aliphatic rings. The van der Waals surface area contributed by atoms with Crippen LogP contribution >= 0.6 is 0 Å². The molecule has 152 valence electrons. The lowest BCUT2D eigenvalue weighted by Crippen LogP contribution is -2.35. The Balaban J connectivity index is 2.12. The Kier molecular flexibility index (Phi) is 3.60. The zero-order valence-corrected chi connectivity index (χ0v) is 18.3. The minimum Gasteiger partial charge on any atom is -0.466 e. The standard InChI is InChI=1S/C27H29N2O/c1-15(2)19-13-18(6)29(8)23(14-19)24-17(5)9-10-21-22-12-11-20(16(3)4)25(28-7)27(22)30-26(21)24/h9-16H,1-6,8H3/q+1/i1D3,15D,16D. The van der Waals surface area contributed by atoms with Crippen LogP contribution in [0.1, 0.15) is 68.6 Å². The van der Waals surface area contributed by atoms with Crippen LogP contribution in [0.4, 0.5) is 5.69 Å². The zero-order chi connectivity index (χ0) is 26.1. The molecule has 0 amide bonds. The Morgan fingerprint density at radius 3 is 2.40 bits per heavy atom. The maximum Gasteiger partial charge on any atom is 0.232 e. The summed E-state index contributed by atoms with van der Waals surface area (Å²) >= 11 is 0. The summed E-state index contributed by atoms with van der Waals surface area (Å²) in [6.45, 7) is 14.1. The Morgan fingerprint density at radius 2 is 1.73 bits per heavy atom. The van der Waals surface area contributed by atoms with Crippen LogP contribution in [0.15, 0.2) is 40.8 Å². The smallest absolute Gasteiger partial charge is 0.232 e. The van der Waals surface area contributed by atoms with Gasteiger partial charge in [0.25, 0.3) is 0 Å². The van der Waals surface area contributed by atoms with E-state index in [0.717, 1.165) is 33.3 Å². The largest absolute Gasteiger partial charge is 0.466 e. The summed E-state index contributed by atoms with van der Waals surface area (Å²) in [6.07, 6.45) is 0. The van der Waals surface area contributed by atoms with Crippen molar-refractivity contribution in [2.45, 2.75) is 53.3 Å². The molecule has 0 bridgehead atoms. The van der Waals surface area contributed by atoms with Gasteiger partial charge >= 0.3 is 0 Å². The highest BCUT2D eigenvalue weighted by Crippen LogP contribution is 2.43. The van der Waals surface area contributed by atoms with E-state index in [1.807, 2.05) is 49.7 Å². The van der Waals surface area contributed by atoms with E-state index in [9.17, 15) is 0 Å². The maximum atomic E-state index is 8.64. The van der Waals surface area contributed by atoms with Crippen LogP contribution in [-0.4, -0.2) is 0 Å². The van der Waals surface area contributed by atoms with Gasteiger partial charge in [-0.25, -0.2) is 4.85 Å². The monoisotopic (exact) mass is 402 g/mol. The first-order valence-electron chi connectivity index (χ1n) is 12.5. The Bertz CT molecular complexity index is 1530. The van der Waals surface area contributed by atoms with Crippen molar-refractivity contribution >= 4 is 27.6 Å². The lowest BCUT2D eigenvalue weighted by atomic mass is 9.95. The third-order valence-corrected chi connectivity index (χ3v) is 5.88. The molecule has 0 saturated carbocycles. The van der Waals surface area contributed by atoms with E-state index in [1.54, 1.807) is 26.0 Å². The molecule has 0 N–H and O–H groups in total. The number of aromatic nitrogens is 1. The van der Waals surface area contributed by atoms with Crippen molar-refractivity contribution in [1.29, 1.82) is 0 Å². The highest BCUT2D eigenvalue weighted by Gasteiger charge is 2.24. The minimum absolute atomic E-state index is 0.331. The normalized spacial score (nSPS) is 16.9. The van der Waals surface area contributed by atoms with Gasteiger partial charge in [-0.3, -0.25) is 0 Å². The molecule has 2 heterocycles. The number of nitrogens with zero attached hydrogens (tertiary/aromatic N) is 2. The van der Waals surface area contributed by atoms with Crippen molar-refractivity contribution in [3.63, 3.8) is 0 Å². The van der Waals surface area contributed by atoms with Gasteiger partial charge in [0.1, 0.15) is 18.2 Å². The molecule has 1 unspecified atom stereocenters. The second kappa shape index (κ2) is 7.29. The fourth-order valence-electron chi connectivity index (χ4n) is 4.07. The Hall–Kier alpha value is -3.12. The van der Waals surface area contributed by atoms with Crippen molar-refractivity contribution in [3.8, 4) is 11.3 Å². The fourth-order valence-corrected chi connectivity index (χ4v) is 4.07. The van der Waals surface area contributed by atoms with Crippen molar-refractivity contribution in [1.82, 2.24) is 0 Å². The van der Waals surface area contributed by atoms with Crippen molar-refractivity contribution in [2.24, 2.45) is 7.05 Å². The predicted octanol–water partition coefficient (Wildman–Crippen LogP) is 7.49. The molecule has 0 aliphatic carbocycles. The maximum absolute atomic E-state index is 8.64. The third-order valence-electron chi connectivity index (χ3n) is 5.88. The topological polar surface area (TPSA) is 21.4 Å². The van der Waals surface area contributed by atoms with Crippen LogP contribution in [0.25, 0.3) is 38.0 Å². The number of rotatable bonds is 3. The molecule has 0 radical (unpaired) electrons. The Morgan fingerprint density at radius 1 is 1.03 bits per heavy atom. The highest BCUT2D eigenvalue weighted by molar-refractivity contribution is 6.13. The molecular formula is C27H29N2O+. The number of fused-ring (bicyclic) bond motifs is 3. The molecular weight excluding hydrogens is 368 g/mol. The summed E-state index contributed by atoms with van der Waals surface area (Å²) in [4.78, 5) is 3.73. The van der Waals surface area contributed by atoms with Gasteiger partial charge in [-0.15, -0.1) is 0 Å². The van der Waals surface area contributed by atoms with E-state index < -0.39 is 18.6 Å². The highest BCUT2D eigenvalue weighted by atomic mass is 16.3. The minimum atomic E-state index is -2.50. The van der Waals surface area contributed by atoms with Gasteiger partial charge in [0.05, 0.1) is 12.1 Å². The molecule has 2 aromatic carbocycles. The number of hydrogen-bond donors (Lipinski definition) is 0. The van der Waals surface area contributed by atoms with Crippen LogP contribution < -0.4 is 4.57 Å². The van der Waals surface area contributed by atoms with E-state index in [2.05, 4.69) is 4.85 Å². The molecule has 4 aromatic rings. The van der Waals surface area contributed by atoms with Gasteiger partial charge in [-0.05, 0) is 35.4 Å². The van der Waals surface area contributed by atoms with Crippen molar-refractivity contribution in [2.75, 3.05) is 0 Å². The van der Waals surface area contributed by atoms with Crippen molar-refractivity contribution in [3.05, 3.63) is 70.2 Å². The zero-order valence-electron chi connectivity index (χ0n) is 23.3. The molecule has 30 heavy (non-hydrogen) atoms. The summed E-state index contributed by atoms with van der Waals surface area (Å²) in [5.41, 5.74) is 5.63. The summed E-state index contributed by atoms with van der Waals surface area (Å²) in [7, 11) is 1.90. The quantitative estimate of drug-likeness (QED) is 0.257. The van der Waals surface area contributed by atoms with Gasteiger partial charge in [-0.1, -0.05) is 51.9 Å². The molecule has 2 aromatic heterocycles. The van der Waals surface area contributed by atoms with E-state index >= 15 is 0 Å². The van der Waals surface area contributed by atoms with E-state index in [0.29, 0.717) is 28.0 Å². The molecule has 0 aliphatic heterocycles. The molecule has 1 atom stereocenters. The number of aryl methyl sites for hydroxylation is 2. The van der Waals surface area contributed by atoms with E-state index in [-0.39, 0.29) is 0 Å². The lowest BCUT2D eigenvalue weighted by molar-refractivity contribution is -0.666. The van der Waals surface area contributed by atoms with Crippen LogP contribution in [0.2, 0.25) is 0 Å². The van der Waals surface area contributed by atoms with Gasteiger partial charge < -0.3 is 4.42 Å². The number of benzene rings is 2. The van der Waals surface area contributed by atoms with Gasteiger partial charge in [0, 0.05) is 36.7 Å². The van der Waals surface area contributed by atoms with Crippen LogP contribution in [0.5, 0.6) is 0 Å². The van der Waals surface area contributed by atoms with E-state index in [1.165, 1.54) is 6.92 Å². The summed E-state index contributed by atoms with van der Waals surface area (Å²) in [6, 6.07) is 11.2. The molecule has 0 saturated heterocycles. The molecule has 4 rings (SSSR count). The first-order chi connectivity index (χ1) is 16.1. The van der Waals surface area contributed by atoms with Crippen molar-refractivity contribution < 1.29 is 15.8 Å². The second-order valence-electron chi connectivity index (χ2n) is 8.14. The van der Waals surface area contributed by atoms with Gasteiger partial charge in [0.2, 0.25) is 11.4 Å². The third kappa shape index (κ3) is 2.99. The molecule has 0 spiro atoms. The second-order valence-corrected chi connectivity index (χ2v) is 8.14. The lowest BCUT2D eigenvalue weighted by Gasteiger charge is -2.11.